The number of ether oxygens (including phenoxy) is 2. The fourth-order valence-corrected chi connectivity index (χ4v) is 3.39. The Bertz CT molecular complexity index is 471. The molecule has 23 heavy (non-hydrogen) atoms. The fraction of sp³-hybridized carbons (Fsp3) is 0.750. The molecule has 1 rings (SSSR count). The van der Waals surface area contributed by atoms with Gasteiger partial charge in [-0.25, -0.2) is 9.59 Å². The SMILES string of the molecule is CCOC(=O)C1(CNC(=O)OC(C)(C)C)NC=C(CC(C)C)S1. The molecule has 0 aromatic rings. The predicted octanol–water partition coefficient (Wildman–Crippen LogP) is 2.99. The van der Waals surface area contributed by atoms with Gasteiger partial charge in [-0.15, -0.1) is 0 Å². The Hall–Kier alpha value is -1.37. The summed E-state index contributed by atoms with van der Waals surface area (Å²) in [7, 11) is 0. The van der Waals surface area contributed by atoms with Crippen LogP contribution in [0.1, 0.15) is 48.0 Å². The Morgan fingerprint density at radius 2 is 2.04 bits per heavy atom. The minimum atomic E-state index is -1.03. The normalized spacial score (nSPS) is 20.7. The summed E-state index contributed by atoms with van der Waals surface area (Å²) in [6.07, 6.45) is 2.14. The number of hydrogen-bond donors (Lipinski definition) is 2. The Morgan fingerprint density at radius 1 is 1.39 bits per heavy atom. The van der Waals surface area contributed by atoms with Gasteiger partial charge in [0.1, 0.15) is 5.60 Å². The van der Waals surface area contributed by atoms with Gasteiger partial charge in [-0.05, 0) is 40.0 Å². The van der Waals surface area contributed by atoms with Gasteiger partial charge in [0.15, 0.2) is 0 Å². The van der Waals surface area contributed by atoms with Crippen molar-refractivity contribution in [3.05, 3.63) is 11.1 Å². The lowest BCUT2D eigenvalue weighted by atomic mass is 10.1. The minimum absolute atomic E-state index is 0.0868. The Labute approximate surface area is 142 Å². The van der Waals surface area contributed by atoms with Crippen LogP contribution in [0.25, 0.3) is 0 Å². The summed E-state index contributed by atoms with van der Waals surface area (Å²) in [5.41, 5.74) is -0.585. The molecule has 0 saturated heterocycles. The first-order valence-corrected chi connectivity index (χ1v) is 8.69. The third kappa shape index (κ3) is 6.33. The lowest BCUT2D eigenvalue weighted by Crippen LogP contribution is -2.54. The second-order valence-electron chi connectivity index (χ2n) is 6.86. The van der Waals surface area contributed by atoms with Gasteiger partial charge in [-0.3, -0.25) is 0 Å². The number of carbonyl (C=O) groups excluding carboxylic acids is 2. The molecule has 0 saturated carbocycles. The van der Waals surface area contributed by atoms with Crippen LogP contribution in [0.3, 0.4) is 0 Å². The van der Waals surface area contributed by atoms with Gasteiger partial charge in [0.05, 0.1) is 13.2 Å². The van der Waals surface area contributed by atoms with Crippen molar-refractivity contribution in [1.29, 1.82) is 0 Å². The molecule has 0 radical (unpaired) electrons. The van der Waals surface area contributed by atoms with Crippen LogP contribution in [0, 0.1) is 5.92 Å². The Balaban J connectivity index is 2.72. The molecule has 1 heterocycles. The van der Waals surface area contributed by atoms with Crippen molar-refractivity contribution >= 4 is 23.8 Å². The molecule has 0 aliphatic carbocycles. The molecule has 1 unspecified atom stereocenters. The molecule has 6 nitrogen and oxygen atoms in total. The summed E-state index contributed by atoms with van der Waals surface area (Å²) in [6, 6.07) is 0. The van der Waals surface area contributed by atoms with Crippen LogP contribution in [0.2, 0.25) is 0 Å². The van der Waals surface area contributed by atoms with Crippen LogP contribution in [0.15, 0.2) is 11.1 Å². The van der Waals surface area contributed by atoms with Crippen LogP contribution in [-0.4, -0.2) is 35.7 Å². The van der Waals surface area contributed by atoms with Gasteiger partial charge in [0.2, 0.25) is 4.87 Å². The minimum Gasteiger partial charge on any atom is -0.464 e. The molecule has 1 atom stereocenters. The highest BCUT2D eigenvalue weighted by atomic mass is 32.2. The molecule has 7 heteroatoms. The van der Waals surface area contributed by atoms with Crippen LogP contribution in [0.5, 0.6) is 0 Å². The molecule has 132 valence electrons. The molecule has 0 fully saturated rings. The Kier molecular flexibility index (Phi) is 6.80. The van der Waals surface area contributed by atoms with E-state index in [1.165, 1.54) is 11.8 Å². The molecule has 1 amide bonds. The van der Waals surface area contributed by atoms with Gasteiger partial charge < -0.3 is 20.1 Å². The van der Waals surface area contributed by atoms with E-state index in [0.29, 0.717) is 5.92 Å². The summed E-state index contributed by atoms with van der Waals surface area (Å²) in [4.78, 5) is 24.3. The highest BCUT2D eigenvalue weighted by molar-refractivity contribution is 8.05. The molecule has 0 bridgehead atoms. The van der Waals surface area contributed by atoms with E-state index in [-0.39, 0.29) is 13.2 Å². The number of allylic oxidation sites excluding steroid dienone is 1. The number of rotatable bonds is 6. The molecule has 0 spiro atoms. The van der Waals surface area contributed by atoms with Gasteiger partial charge in [0.25, 0.3) is 0 Å². The number of thioether (sulfide) groups is 1. The number of nitrogens with one attached hydrogen (secondary N) is 2. The van der Waals surface area contributed by atoms with Crippen LogP contribution >= 0.6 is 11.8 Å². The van der Waals surface area contributed by atoms with E-state index < -0.39 is 22.5 Å². The van der Waals surface area contributed by atoms with Crippen molar-refractivity contribution in [1.82, 2.24) is 10.6 Å². The number of esters is 1. The van der Waals surface area contributed by atoms with Gasteiger partial charge in [0, 0.05) is 11.1 Å². The van der Waals surface area contributed by atoms with E-state index in [9.17, 15) is 9.59 Å². The number of carbonyl (C=O) groups is 2. The first-order valence-electron chi connectivity index (χ1n) is 7.88. The zero-order chi connectivity index (χ0) is 17.7. The van der Waals surface area contributed by atoms with E-state index in [0.717, 1.165) is 11.3 Å². The zero-order valence-corrected chi connectivity index (χ0v) is 15.6. The summed E-state index contributed by atoms with van der Waals surface area (Å²) >= 11 is 1.40. The van der Waals surface area contributed by atoms with Crippen LogP contribution in [0.4, 0.5) is 4.79 Å². The van der Waals surface area contributed by atoms with Gasteiger partial charge >= 0.3 is 12.1 Å². The third-order valence-electron chi connectivity index (χ3n) is 2.87. The number of hydrogen-bond acceptors (Lipinski definition) is 6. The fourth-order valence-electron chi connectivity index (χ4n) is 2.00. The summed E-state index contributed by atoms with van der Waals surface area (Å²) < 4.78 is 10.4. The lowest BCUT2D eigenvalue weighted by molar-refractivity contribution is -0.146. The van der Waals surface area contributed by atoms with Crippen molar-refractivity contribution in [2.45, 2.75) is 58.4 Å². The first-order chi connectivity index (χ1) is 10.6. The molecule has 1 aliphatic rings. The summed E-state index contributed by atoms with van der Waals surface area (Å²) in [5, 5.41) is 5.74. The second kappa shape index (κ2) is 7.95. The molecule has 0 aromatic carbocycles. The van der Waals surface area contributed by atoms with Crippen LogP contribution < -0.4 is 10.6 Å². The second-order valence-corrected chi connectivity index (χ2v) is 8.28. The zero-order valence-electron chi connectivity index (χ0n) is 14.8. The summed E-state index contributed by atoms with van der Waals surface area (Å²) in [5.74, 6) is 0.0865. The van der Waals surface area contributed by atoms with E-state index in [1.807, 2.05) is 6.20 Å². The lowest BCUT2D eigenvalue weighted by Gasteiger charge is -2.28. The molecule has 1 aliphatic heterocycles. The average molecular weight is 344 g/mol. The Morgan fingerprint density at radius 3 is 2.57 bits per heavy atom. The van der Waals surface area contributed by atoms with Gasteiger partial charge in [-0.1, -0.05) is 25.6 Å². The summed E-state index contributed by atoms with van der Waals surface area (Å²) in [6.45, 7) is 11.7. The number of alkyl carbamates (subject to hydrolysis) is 1. The van der Waals surface area contributed by atoms with E-state index in [1.54, 1.807) is 27.7 Å². The monoisotopic (exact) mass is 344 g/mol. The molecule has 2 N–H and O–H groups in total. The van der Waals surface area contributed by atoms with Crippen molar-refractivity contribution in [2.75, 3.05) is 13.2 Å². The first kappa shape index (κ1) is 19.7. The highest BCUT2D eigenvalue weighted by Gasteiger charge is 2.45. The standard InChI is InChI=1S/C16H28N2O4S/c1-7-21-13(19)16(10-17-14(20)22-15(4,5)6)18-9-12(23-16)8-11(2)3/h9,11,18H,7-8,10H2,1-6H3,(H,17,20). The van der Waals surface area contributed by atoms with Crippen LogP contribution in [-0.2, 0) is 14.3 Å². The maximum Gasteiger partial charge on any atom is 0.407 e. The van der Waals surface area contributed by atoms with E-state index in [2.05, 4.69) is 24.5 Å². The predicted molar refractivity (Wildman–Crippen MR) is 91.9 cm³/mol. The third-order valence-corrected chi connectivity index (χ3v) is 4.19. The highest BCUT2D eigenvalue weighted by Crippen LogP contribution is 2.39. The van der Waals surface area contributed by atoms with Crippen molar-refractivity contribution in [3.63, 3.8) is 0 Å². The van der Waals surface area contributed by atoms with E-state index in [4.69, 9.17) is 9.47 Å². The van der Waals surface area contributed by atoms with E-state index >= 15 is 0 Å². The topological polar surface area (TPSA) is 76.7 Å². The van der Waals surface area contributed by atoms with Crippen molar-refractivity contribution < 1.29 is 19.1 Å². The molecular weight excluding hydrogens is 316 g/mol. The maximum absolute atomic E-state index is 12.4. The molecular formula is C16H28N2O4S. The molecule has 0 aromatic heterocycles. The quantitative estimate of drug-likeness (QED) is 0.721. The smallest absolute Gasteiger partial charge is 0.407 e. The number of amides is 1. The largest absolute Gasteiger partial charge is 0.464 e. The van der Waals surface area contributed by atoms with Gasteiger partial charge in [-0.2, -0.15) is 0 Å². The van der Waals surface area contributed by atoms with Crippen molar-refractivity contribution in [3.8, 4) is 0 Å². The van der Waals surface area contributed by atoms with Crippen molar-refractivity contribution in [2.24, 2.45) is 5.92 Å². The average Bonchev–Trinajstić information content (AvgIpc) is 2.78. The maximum atomic E-state index is 12.4.